The van der Waals surface area contributed by atoms with Gasteiger partial charge in [0.2, 0.25) is 0 Å². The molecule has 0 atom stereocenters. The second-order valence-corrected chi connectivity index (χ2v) is 6.31. The van der Waals surface area contributed by atoms with E-state index < -0.39 is 18.7 Å². The van der Waals surface area contributed by atoms with E-state index in [1.807, 2.05) is 13.8 Å². The lowest BCUT2D eigenvalue weighted by Gasteiger charge is -2.15. The van der Waals surface area contributed by atoms with Gasteiger partial charge < -0.3 is 14.6 Å². The highest BCUT2D eigenvalue weighted by molar-refractivity contribution is 9.10. The van der Waals surface area contributed by atoms with E-state index in [0.29, 0.717) is 5.69 Å². The van der Waals surface area contributed by atoms with E-state index >= 15 is 0 Å². The molecule has 0 unspecified atom stereocenters. The molecule has 1 heterocycles. The van der Waals surface area contributed by atoms with Crippen molar-refractivity contribution in [2.45, 2.75) is 26.1 Å². The molecular weight excluding hydrogens is 389 g/mol. The molecule has 0 aliphatic heterocycles. The molecule has 2 aromatic rings. The van der Waals surface area contributed by atoms with Gasteiger partial charge in [0.1, 0.15) is 11.4 Å². The standard InChI is InChI=1S/C16H16BrF3N2O2/c1-10(2)22-8-11(17)7-13(22)15(23)21-12-5-3-4-6-14(12)24-9-16(18,19)20/h3-8,10H,9H2,1-2H3,(H,21,23). The van der Waals surface area contributed by atoms with Crippen molar-refractivity contribution in [1.29, 1.82) is 0 Å². The molecule has 0 aliphatic rings. The van der Waals surface area contributed by atoms with Gasteiger partial charge in [0.25, 0.3) is 5.91 Å². The monoisotopic (exact) mass is 404 g/mol. The molecule has 1 aromatic carbocycles. The van der Waals surface area contributed by atoms with E-state index in [-0.39, 0.29) is 17.5 Å². The Morgan fingerprint density at radius 1 is 1.33 bits per heavy atom. The third-order valence-corrected chi connectivity index (χ3v) is 3.56. The maximum Gasteiger partial charge on any atom is 0.422 e. The van der Waals surface area contributed by atoms with Gasteiger partial charge in [-0.1, -0.05) is 12.1 Å². The first-order valence-electron chi connectivity index (χ1n) is 7.14. The number of hydrogen-bond acceptors (Lipinski definition) is 2. The zero-order valence-electron chi connectivity index (χ0n) is 13.0. The fourth-order valence-electron chi connectivity index (χ4n) is 2.10. The van der Waals surface area contributed by atoms with Gasteiger partial charge in [0.05, 0.1) is 5.69 Å². The second kappa shape index (κ2) is 7.29. The molecule has 0 aliphatic carbocycles. The smallest absolute Gasteiger partial charge is 0.422 e. The van der Waals surface area contributed by atoms with Crippen LogP contribution in [0.15, 0.2) is 41.0 Å². The Morgan fingerprint density at radius 2 is 2.00 bits per heavy atom. The number of ether oxygens (including phenoxy) is 1. The summed E-state index contributed by atoms with van der Waals surface area (Å²) in [6.45, 7) is 2.42. The van der Waals surface area contributed by atoms with Crippen molar-refractivity contribution < 1.29 is 22.7 Å². The molecule has 0 radical (unpaired) electrons. The van der Waals surface area contributed by atoms with Crippen LogP contribution in [0.1, 0.15) is 30.4 Å². The lowest BCUT2D eigenvalue weighted by atomic mass is 10.2. The van der Waals surface area contributed by atoms with Crippen LogP contribution in [-0.2, 0) is 0 Å². The molecule has 0 saturated carbocycles. The van der Waals surface area contributed by atoms with E-state index in [0.717, 1.165) is 4.47 Å². The second-order valence-electron chi connectivity index (χ2n) is 5.40. The largest absolute Gasteiger partial charge is 0.482 e. The van der Waals surface area contributed by atoms with Gasteiger partial charge >= 0.3 is 6.18 Å². The zero-order chi connectivity index (χ0) is 17.9. The number of carbonyl (C=O) groups is 1. The van der Waals surface area contributed by atoms with Crippen LogP contribution < -0.4 is 10.1 Å². The number of rotatable bonds is 5. The van der Waals surface area contributed by atoms with E-state index in [2.05, 4.69) is 21.2 Å². The average molecular weight is 405 g/mol. The molecule has 130 valence electrons. The summed E-state index contributed by atoms with van der Waals surface area (Å²) in [6.07, 6.45) is -2.68. The van der Waals surface area contributed by atoms with E-state index in [1.165, 1.54) is 18.2 Å². The number of hydrogen-bond donors (Lipinski definition) is 1. The Labute approximate surface area is 145 Å². The number of para-hydroxylation sites is 2. The topological polar surface area (TPSA) is 43.3 Å². The predicted octanol–water partition coefficient (Wildman–Crippen LogP) is 5.02. The average Bonchev–Trinajstić information content (AvgIpc) is 2.88. The number of anilines is 1. The van der Waals surface area contributed by atoms with Crippen molar-refractivity contribution in [2.24, 2.45) is 0 Å². The minimum absolute atomic E-state index is 0.0371. The quantitative estimate of drug-likeness (QED) is 0.759. The molecular formula is C16H16BrF3N2O2. The summed E-state index contributed by atoms with van der Waals surface area (Å²) in [5.41, 5.74) is 0.571. The maximum absolute atomic E-state index is 12.5. The van der Waals surface area contributed by atoms with Crippen LogP contribution in [0.4, 0.5) is 18.9 Å². The summed E-state index contributed by atoms with van der Waals surface area (Å²) >= 11 is 3.32. The molecule has 4 nitrogen and oxygen atoms in total. The fourth-order valence-corrected chi connectivity index (χ4v) is 2.53. The molecule has 0 spiro atoms. The van der Waals surface area contributed by atoms with Crippen LogP contribution >= 0.6 is 15.9 Å². The number of benzene rings is 1. The highest BCUT2D eigenvalue weighted by Gasteiger charge is 2.29. The Balaban J connectivity index is 2.21. The summed E-state index contributed by atoms with van der Waals surface area (Å²) in [5.74, 6) is -0.470. The number of alkyl halides is 3. The van der Waals surface area contributed by atoms with Gasteiger partial charge in [-0.15, -0.1) is 0 Å². The summed E-state index contributed by atoms with van der Waals surface area (Å²) in [5, 5.41) is 2.60. The van der Waals surface area contributed by atoms with Crippen LogP contribution in [0, 0.1) is 0 Å². The first-order valence-corrected chi connectivity index (χ1v) is 7.94. The Bertz CT molecular complexity index is 726. The molecule has 1 aromatic heterocycles. The van der Waals surface area contributed by atoms with Crippen molar-refractivity contribution in [3.05, 3.63) is 46.7 Å². The maximum atomic E-state index is 12.5. The third kappa shape index (κ3) is 4.77. The van der Waals surface area contributed by atoms with Crippen LogP contribution in [0.25, 0.3) is 0 Å². The van der Waals surface area contributed by atoms with E-state index in [9.17, 15) is 18.0 Å². The van der Waals surface area contributed by atoms with Crippen molar-refractivity contribution in [3.8, 4) is 5.75 Å². The molecule has 0 fully saturated rings. The van der Waals surface area contributed by atoms with Crippen molar-refractivity contribution in [1.82, 2.24) is 4.57 Å². The Morgan fingerprint density at radius 3 is 2.62 bits per heavy atom. The predicted molar refractivity (Wildman–Crippen MR) is 88.5 cm³/mol. The van der Waals surface area contributed by atoms with E-state index in [4.69, 9.17) is 4.74 Å². The molecule has 0 bridgehead atoms. The summed E-state index contributed by atoms with van der Waals surface area (Å²) < 4.78 is 44.2. The van der Waals surface area contributed by atoms with Crippen LogP contribution in [0.2, 0.25) is 0 Å². The van der Waals surface area contributed by atoms with Crippen molar-refractivity contribution in [3.63, 3.8) is 0 Å². The van der Waals surface area contributed by atoms with E-state index in [1.54, 1.807) is 22.9 Å². The minimum Gasteiger partial charge on any atom is -0.482 e. The minimum atomic E-state index is -4.45. The normalized spacial score (nSPS) is 11.6. The first-order chi connectivity index (χ1) is 11.2. The van der Waals surface area contributed by atoms with Gasteiger partial charge in [-0.05, 0) is 48.0 Å². The summed E-state index contributed by atoms with van der Waals surface area (Å²) in [6, 6.07) is 7.70. The molecule has 8 heteroatoms. The van der Waals surface area contributed by atoms with Gasteiger partial charge in [0, 0.05) is 16.7 Å². The summed E-state index contributed by atoms with van der Waals surface area (Å²) in [4.78, 5) is 12.5. The highest BCUT2D eigenvalue weighted by Crippen LogP contribution is 2.27. The van der Waals surface area contributed by atoms with Crippen LogP contribution in [-0.4, -0.2) is 23.3 Å². The molecule has 2 rings (SSSR count). The van der Waals surface area contributed by atoms with Gasteiger partial charge in [-0.25, -0.2) is 0 Å². The first kappa shape index (κ1) is 18.4. The summed E-state index contributed by atoms with van der Waals surface area (Å²) in [7, 11) is 0. The lowest BCUT2D eigenvalue weighted by molar-refractivity contribution is -0.153. The molecule has 1 amide bonds. The Hall–Kier alpha value is -1.96. The van der Waals surface area contributed by atoms with Crippen molar-refractivity contribution >= 4 is 27.5 Å². The Kier molecular flexibility index (Phi) is 5.58. The zero-order valence-corrected chi connectivity index (χ0v) is 14.6. The number of halogens is 4. The van der Waals surface area contributed by atoms with Crippen molar-refractivity contribution in [2.75, 3.05) is 11.9 Å². The van der Waals surface area contributed by atoms with Crippen LogP contribution in [0.5, 0.6) is 5.75 Å². The number of amides is 1. The fraction of sp³-hybridized carbons (Fsp3) is 0.312. The van der Waals surface area contributed by atoms with Gasteiger partial charge in [0.15, 0.2) is 6.61 Å². The number of aromatic nitrogens is 1. The number of carbonyl (C=O) groups excluding carboxylic acids is 1. The van der Waals surface area contributed by atoms with Gasteiger partial charge in [-0.2, -0.15) is 13.2 Å². The number of nitrogens with zero attached hydrogens (tertiary/aromatic N) is 1. The molecule has 24 heavy (non-hydrogen) atoms. The lowest BCUT2D eigenvalue weighted by Crippen LogP contribution is -2.21. The third-order valence-electron chi connectivity index (χ3n) is 3.13. The SMILES string of the molecule is CC(C)n1cc(Br)cc1C(=O)Nc1ccccc1OCC(F)(F)F. The molecule has 1 N–H and O–H groups in total. The van der Waals surface area contributed by atoms with Crippen LogP contribution in [0.3, 0.4) is 0 Å². The van der Waals surface area contributed by atoms with Gasteiger partial charge in [-0.3, -0.25) is 4.79 Å². The highest BCUT2D eigenvalue weighted by atomic mass is 79.9. The molecule has 0 saturated heterocycles. The number of nitrogens with one attached hydrogen (secondary N) is 1.